The molecule has 4 N–H and O–H groups in total. The van der Waals surface area contributed by atoms with E-state index < -0.39 is 5.41 Å². The largest absolute Gasteiger partial charge is 0.369 e. The van der Waals surface area contributed by atoms with E-state index in [1.165, 1.54) is 5.56 Å². The van der Waals surface area contributed by atoms with Gasteiger partial charge in [0.25, 0.3) is 0 Å². The second-order valence-corrected chi connectivity index (χ2v) is 6.93. The third-order valence-electron chi connectivity index (χ3n) is 3.60. The van der Waals surface area contributed by atoms with Gasteiger partial charge in [0.2, 0.25) is 5.91 Å². The Morgan fingerprint density at radius 2 is 1.58 bits per heavy atom. The van der Waals surface area contributed by atoms with Crippen molar-refractivity contribution >= 4 is 5.91 Å². The first-order valence-electron chi connectivity index (χ1n) is 6.70. The average Bonchev–Trinajstić information content (AvgIpc) is 2.27. The highest BCUT2D eigenvalue weighted by Gasteiger charge is 2.28. The van der Waals surface area contributed by atoms with E-state index in [4.69, 9.17) is 11.5 Å². The van der Waals surface area contributed by atoms with E-state index in [-0.39, 0.29) is 17.4 Å². The van der Waals surface area contributed by atoms with E-state index in [1.807, 2.05) is 26.0 Å². The Balaban J connectivity index is 2.85. The highest BCUT2D eigenvalue weighted by Crippen LogP contribution is 2.29. The second kappa shape index (κ2) is 5.33. The molecule has 0 bridgehead atoms. The summed E-state index contributed by atoms with van der Waals surface area (Å²) in [4.78, 5) is 11.3. The first-order chi connectivity index (χ1) is 8.54. The van der Waals surface area contributed by atoms with Crippen molar-refractivity contribution < 1.29 is 4.79 Å². The fraction of sp³-hybridized carbons (Fsp3) is 0.562. The Labute approximate surface area is 116 Å². The maximum Gasteiger partial charge on any atom is 0.223 e. The maximum atomic E-state index is 11.3. The molecule has 0 saturated heterocycles. The van der Waals surface area contributed by atoms with Gasteiger partial charge in [-0.25, -0.2) is 0 Å². The van der Waals surface area contributed by atoms with Crippen LogP contribution in [-0.2, 0) is 10.2 Å². The van der Waals surface area contributed by atoms with Crippen LogP contribution < -0.4 is 11.5 Å². The molecule has 1 aromatic rings. The molecule has 19 heavy (non-hydrogen) atoms. The van der Waals surface area contributed by atoms with Gasteiger partial charge in [0.15, 0.2) is 0 Å². The molecule has 1 rings (SSSR count). The van der Waals surface area contributed by atoms with Crippen LogP contribution in [0.2, 0.25) is 0 Å². The zero-order valence-electron chi connectivity index (χ0n) is 12.7. The standard InChI is InChI=1S/C16H26N2O/c1-15(2,3)12-8-6-11(7-9-12)13(17)10-16(4,5)14(18)19/h6-9,13H,10,17H2,1-5H3,(H2,18,19). The van der Waals surface area contributed by atoms with Crippen molar-refractivity contribution in [1.29, 1.82) is 0 Å². The Hall–Kier alpha value is -1.35. The molecule has 0 radical (unpaired) electrons. The van der Waals surface area contributed by atoms with Gasteiger partial charge in [-0.1, -0.05) is 58.9 Å². The minimum absolute atomic E-state index is 0.134. The lowest BCUT2D eigenvalue weighted by Crippen LogP contribution is -2.34. The lowest BCUT2D eigenvalue weighted by atomic mass is 9.82. The van der Waals surface area contributed by atoms with Crippen LogP contribution in [0.15, 0.2) is 24.3 Å². The van der Waals surface area contributed by atoms with Crippen molar-refractivity contribution in [2.24, 2.45) is 16.9 Å². The van der Waals surface area contributed by atoms with E-state index in [2.05, 4.69) is 32.9 Å². The summed E-state index contributed by atoms with van der Waals surface area (Å²) in [6.07, 6.45) is 0.553. The number of hydrogen-bond donors (Lipinski definition) is 2. The van der Waals surface area contributed by atoms with E-state index in [1.54, 1.807) is 0 Å². The molecule has 0 aliphatic carbocycles. The average molecular weight is 262 g/mol. The third kappa shape index (κ3) is 4.06. The summed E-state index contributed by atoms with van der Waals surface area (Å²) in [5.41, 5.74) is 13.4. The van der Waals surface area contributed by atoms with Crippen molar-refractivity contribution in [2.45, 2.75) is 52.5 Å². The summed E-state index contributed by atoms with van der Waals surface area (Å²) in [5.74, 6) is -0.311. The van der Waals surface area contributed by atoms with Gasteiger partial charge in [-0.05, 0) is 23.0 Å². The summed E-state index contributed by atoms with van der Waals surface area (Å²) in [6.45, 7) is 10.2. The van der Waals surface area contributed by atoms with E-state index in [0.717, 1.165) is 5.56 Å². The molecule has 106 valence electrons. The van der Waals surface area contributed by atoms with Gasteiger partial charge >= 0.3 is 0 Å². The molecule has 0 spiro atoms. The van der Waals surface area contributed by atoms with Crippen LogP contribution in [0, 0.1) is 5.41 Å². The van der Waals surface area contributed by atoms with Crippen LogP contribution in [0.25, 0.3) is 0 Å². The van der Waals surface area contributed by atoms with Crippen molar-refractivity contribution in [3.8, 4) is 0 Å². The molecule has 0 fully saturated rings. The molecule has 1 aromatic carbocycles. The van der Waals surface area contributed by atoms with Gasteiger partial charge in [0.1, 0.15) is 0 Å². The molecule has 3 nitrogen and oxygen atoms in total. The van der Waals surface area contributed by atoms with Crippen LogP contribution in [0.1, 0.15) is 58.2 Å². The summed E-state index contributed by atoms with van der Waals surface area (Å²) in [6, 6.07) is 8.13. The van der Waals surface area contributed by atoms with Crippen molar-refractivity contribution in [1.82, 2.24) is 0 Å². The molecule has 3 heteroatoms. The molecule has 0 saturated carbocycles. The third-order valence-corrected chi connectivity index (χ3v) is 3.60. The summed E-state index contributed by atoms with van der Waals surface area (Å²) >= 11 is 0. The lowest BCUT2D eigenvalue weighted by molar-refractivity contribution is -0.126. The van der Waals surface area contributed by atoms with Crippen LogP contribution in [0.3, 0.4) is 0 Å². The zero-order valence-corrected chi connectivity index (χ0v) is 12.7. The quantitative estimate of drug-likeness (QED) is 0.876. The predicted octanol–water partition coefficient (Wildman–Crippen LogP) is 2.89. The molecule has 1 amide bonds. The normalized spacial score (nSPS) is 14.2. The van der Waals surface area contributed by atoms with Gasteiger partial charge in [0, 0.05) is 11.5 Å². The fourth-order valence-electron chi connectivity index (χ4n) is 2.00. The number of amides is 1. The number of carbonyl (C=O) groups excluding carboxylic acids is 1. The number of primary amides is 1. The molecule has 1 atom stereocenters. The minimum atomic E-state index is -0.581. The number of benzene rings is 1. The van der Waals surface area contributed by atoms with E-state index >= 15 is 0 Å². The van der Waals surface area contributed by atoms with Crippen LogP contribution in [0.4, 0.5) is 0 Å². The highest BCUT2D eigenvalue weighted by atomic mass is 16.1. The number of rotatable bonds is 4. The van der Waals surface area contributed by atoms with E-state index in [9.17, 15) is 4.79 Å². The summed E-state index contributed by atoms with van der Waals surface area (Å²) < 4.78 is 0. The molecule has 0 heterocycles. The van der Waals surface area contributed by atoms with Crippen LogP contribution >= 0.6 is 0 Å². The van der Waals surface area contributed by atoms with Gasteiger partial charge in [-0.15, -0.1) is 0 Å². The molecule has 0 aliphatic heterocycles. The Morgan fingerprint density at radius 1 is 1.11 bits per heavy atom. The van der Waals surface area contributed by atoms with Gasteiger partial charge in [0.05, 0.1) is 0 Å². The molecule has 0 aliphatic rings. The van der Waals surface area contributed by atoms with Crippen LogP contribution in [-0.4, -0.2) is 5.91 Å². The molecule has 1 unspecified atom stereocenters. The van der Waals surface area contributed by atoms with Crippen molar-refractivity contribution in [2.75, 3.05) is 0 Å². The SMILES string of the molecule is CC(C)(CC(N)c1ccc(C(C)(C)C)cc1)C(N)=O. The highest BCUT2D eigenvalue weighted by molar-refractivity contribution is 5.79. The summed E-state index contributed by atoms with van der Waals surface area (Å²) in [5, 5.41) is 0. The fourth-order valence-corrected chi connectivity index (χ4v) is 2.00. The summed E-state index contributed by atoms with van der Waals surface area (Å²) in [7, 11) is 0. The molecular weight excluding hydrogens is 236 g/mol. The Kier molecular flexibility index (Phi) is 4.41. The Morgan fingerprint density at radius 3 is 1.95 bits per heavy atom. The zero-order chi connectivity index (χ0) is 14.8. The topological polar surface area (TPSA) is 69.1 Å². The maximum absolute atomic E-state index is 11.3. The number of nitrogens with two attached hydrogens (primary N) is 2. The molecule has 0 aromatic heterocycles. The second-order valence-electron chi connectivity index (χ2n) is 6.93. The minimum Gasteiger partial charge on any atom is -0.369 e. The van der Waals surface area contributed by atoms with Gasteiger partial charge in [-0.3, -0.25) is 4.79 Å². The number of carbonyl (C=O) groups is 1. The predicted molar refractivity (Wildman–Crippen MR) is 79.7 cm³/mol. The van der Waals surface area contributed by atoms with E-state index in [0.29, 0.717) is 6.42 Å². The monoisotopic (exact) mass is 262 g/mol. The Bertz CT molecular complexity index is 441. The smallest absolute Gasteiger partial charge is 0.223 e. The van der Waals surface area contributed by atoms with Gasteiger partial charge < -0.3 is 11.5 Å². The first-order valence-corrected chi connectivity index (χ1v) is 6.70. The first kappa shape index (κ1) is 15.7. The van der Waals surface area contributed by atoms with Crippen LogP contribution in [0.5, 0.6) is 0 Å². The lowest BCUT2D eigenvalue weighted by Gasteiger charge is -2.25. The number of hydrogen-bond acceptors (Lipinski definition) is 2. The van der Waals surface area contributed by atoms with Crippen molar-refractivity contribution in [3.63, 3.8) is 0 Å². The van der Waals surface area contributed by atoms with Crippen molar-refractivity contribution in [3.05, 3.63) is 35.4 Å². The molecular formula is C16H26N2O. The van der Waals surface area contributed by atoms with Gasteiger partial charge in [-0.2, -0.15) is 0 Å².